The van der Waals surface area contributed by atoms with E-state index in [1.807, 2.05) is 84.9 Å². The minimum Gasteiger partial charge on any atom is -0.325 e. The van der Waals surface area contributed by atoms with E-state index in [9.17, 15) is 9.59 Å². The number of carbonyl (C=O) groups is 2. The SMILES string of the molecule is C=C1C(C(=O)Nc2cccc3ccccc23)[C@H]1C(=O)Nc1cccc2ccccc12. The molecule has 0 aliphatic heterocycles. The van der Waals surface area contributed by atoms with Crippen LogP contribution in [0.4, 0.5) is 11.4 Å². The van der Waals surface area contributed by atoms with Gasteiger partial charge in [-0.3, -0.25) is 9.59 Å². The van der Waals surface area contributed by atoms with Gasteiger partial charge in [-0.25, -0.2) is 0 Å². The third-order valence-corrected chi connectivity index (χ3v) is 5.68. The lowest BCUT2D eigenvalue weighted by atomic mass is 10.1. The number of fused-ring (bicyclic) bond motifs is 2. The van der Waals surface area contributed by atoms with Crippen molar-refractivity contribution in [1.29, 1.82) is 0 Å². The van der Waals surface area contributed by atoms with E-state index in [-0.39, 0.29) is 11.8 Å². The van der Waals surface area contributed by atoms with Crippen LogP contribution in [0.1, 0.15) is 0 Å². The van der Waals surface area contributed by atoms with Crippen LogP contribution < -0.4 is 10.6 Å². The van der Waals surface area contributed by atoms with E-state index >= 15 is 0 Å². The fourth-order valence-corrected chi connectivity index (χ4v) is 4.04. The van der Waals surface area contributed by atoms with Crippen LogP contribution in [0.25, 0.3) is 21.5 Å². The Balaban J connectivity index is 1.33. The predicted molar refractivity (Wildman–Crippen MR) is 121 cm³/mol. The van der Waals surface area contributed by atoms with Gasteiger partial charge < -0.3 is 10.6 Å². The van der Waals surface area contributed by atoms with Gasteiger partial charge >= 0.3 is 0 Å². The molecule has 1 unspecified atom stereocenters. The van der Waals surface area contributed by atoms with Gasteiger partial charge in [0.1, 0.15) is 0 Å². The summed E-state index contributed by atoms with van der Waals surface area (Å²) in [6, 6.07) is 27.3. The molecule has 0 aromatic heterocycles. The molecule has 0 heterocycles. The van der Waals surface area contributed by atoms with Crippen LogP contribution in [0.3, 0.4) is 0 Å². The van der Waals surface area contributed by atoms with Crippen molar-refractivity contribution >= 4 is 44.7 Å². The predicted octanol–water partition coefficient (Wildman–Crippen LogP) is 5.37. The number of hydrogen-bond donors (Lipinski definition) is 2. The van der Waals surface area contributed by atoms with E-state index in [0.717, 1.165) is 32.9 Å². The average Bonchev–Trinajstić information content (AvgIpc) is 3.45. The maximum absolute atomic E-state index is 12.9. The molecule has 0 spiro atoms. The number of amides is 2. The topological polar surface area (TPSA) is 58.2 Å². The van der Waals surface area contributed by atoms with E-state index in [4.69, 9.17) is 0 Å². The second kappa shape index (κ2) is 7.16. The lowest BCUT2D eigenvalue weighted by molar-refractivity contribution is -0.122. The van der Waals surface area contributed by atoms with Gasteiger partial charge in [-0.2, -0.15) is 0 Å². The Kier molecular flexibility index (Phi) is 4.32. The summed E-state index contributed by atoms with van der Waals surface area (Å²) >= 11 is 0. The van der Waals surface area contributed by atoms with Gasteiger partial charge in [0, 0.05) is 22.1 Å². The monoisotopic (exact) mass is 392 g/mol. The van der Waals surface area contributed by atoms with Crippen molar-refractivity contribution in [2.45, 2.75) is 0 Å². The number of benzene rings is 4. The molecule has 1 saturated carbocycles. The molecule has 0 radical (unpaired) electrons. The summed E-state index contributed by atoms with van der Waals surface area (Å²) in [5.74, 6) is -1.43. The van der Waals surface area contributed by atoms with Crippen LogP contribution in [0.2, 0.25) is 0 Å². The van der Waals surface area contributed by atoms with Crippen LogP contribution in [-0.4, -0.2) is 11.8 Å². The highest BCUT2D eigenvalue weighted by Gasteiger charge is 2.52. The van der Waals surface area contributed by atoms with E-state index in [2.05, 4.69) is 17.2 Å². The van der Waals surface area contributed by atoms with Gasteiger partial charge in [0.2, 0.25) is 11.8 Å². The molecule has 1 aliphatic carbocycles. The first-order chi connectivity index (χ1) is 14.6. The fraction of sp³-hybridized carbons (Fsp3) is 0.0769. The zero-order valence-corrected chi connectivity index (χ0v) is 16.3. The van der Waals surface area contributed by atoms with Crippen molar-refractivity contribution in [3.63, 3.8) is 0 Å². The molecule has 1 fully saturated rings. The molecule has 4 nitrogen and oxygen atoms in total. The minimum absolute atomic E-state index is 0.200. The van der Waals surface area contributed by atoms with Crippen molar-refractivity contribution in [3.05, 3.63) is 97.1 Å². The molecule has 30 heavy (non-hydrogen) atoms. The third kappa shape index (κ3) is 3.12. The van der Waals surface area contributed by atoms with E-state index < -0.39 is 11.8 Å². The number of hydrogen-bond acceptors (Lipinski definition) is 2. The Bertz CT molecular complexity index is 1210. The highest BCUT2D eigenvalue weighted by atomic mass is 16.2. The van der Waals surface area contributed by atoms with Gasteiger partial charge in [-0.05, 0) is 22.9 Å². The van der Waals surface area contributed by atoms with Crippen molar-refractivity contribution in [2.75, 3.05) is 10.6 Å². The first kappa shape index (κ1) is 18.1. The molecule has 1 aliphatic rings. The van der Waals surface area contributed by atoms with Crippen molar-refractivity contribution in [2.24, 2.45) is 11.8 Å². The normalized spacial score (nSPS) is 17.7. The Hall–Kier alpha value is -3.92. The van der Waals surface area contributed by atoms with Crippen molar-refractivity contribution in [1.82, 2.24) is 0 Å². The molecule has 5 rings (SSSR count). The molecule has 4 aromatic rings. The molecule has 146 valence electrons. The molecule has 2 N–H and O–H groups in total. The van der Waals surface area contributed by atoms with Crippen LogP contribution in [0, 0.1) is 11.8 Å². The van der Waals surface area contributed by atoms with Gasteiger partial charge in [0.25, 0.3) is 0 Å². The maximum Gasteiger partial charge on any atom is 0.232 e. The van der Waals surface area contributed by atoms with Crippen LogP contribution in [0.5, 0.6) is 0 Å². The summed E-state index contributed by atoms with van der Waals surface area (Å²) < 4.78 is 0. The summed E-state index contributed by atoms with van der Waals surface area (Å²) in [5.41, 5.74) is 2.13. The zero-order valence-electron chi connectivity index (χ0n) is 16.3. The quantitative estimate of drug-likeness (QED) is 0.459. The average molecular weight is 392 g/mol. The molecular formula is C26H20N2O2. The van der Waals surface area contributed by atoms with E-state index in [1.54, 1.807) is 0 Å². The lowest BCUT2D eigenvalue weighted by Crippen LogP contribution is -2.20. The number of anilines is 2. The molecule has 0 saturated heterocycles. The van der Waals surface area contributed by atoms with Crippen molar-refractivity contribution < 1.29 is 9.59 Å². The second-order valence-electron chi connectivity index (χ2n) is 7.56. The van der Waals surface area contributed by atoms with Crippen LogP contribution in [0.15, 0.2) is 97.1 Å². The van der Waals surface area contributed by atoms with Gasteiger partial charge in [-0.15, -0.1) is 0 Å². The summed E-state index contributed by atoms with van der Waals surface area (Å²) in [7, 11) is 0. The smallest absolute Gasteiger partial charge is 0.232 e. The molecule has 4 heteroatoms. The van der Waals surface area contributed by atoms with Gasteiger partial charge in [0.15, 0.2) is 0 Å². The second-order valence-corrected chi connectivity index (χ2v) is 7.56. The Morgan fingerprint density at radius 3 is 1.47 bits per heavy atom. The first-order valence-corrected chi connectivity index (χ1v) is 9.89. The highest BCUT2D eigenvalue weighted by Crippen LogP contribution is 2.46. The summed E-state index contributed by atoms with van der Waals surface area (Å²) in [4.78, 5) is 25.7. The lowest BCUT2D eigenvalue weighted by Gasteiger charge is -2.09. The molecule has 2 atom stereocenters. The van der Waals surface area contributed by atoms with Crippen molar-refractivity contribution in [3.8, 4) is 0 Å². The van der Waals surface area contributed by atoms with E-state index in [1.165, 1.54) is 0 Å². The minimum atomic E-state index is -0.515. The maximum atomic E-state index is 12.9. The standard InChI is InChI=1S/C26H20N2O2/c1-16-23(25(29)27-21-14-6-10-17-8-2-4-12-19(17)21)24(16)26(30)28-22-15-7-11-18-9-3-5-13-20(18)22/h2-15,23-24H,1H2,(H,27,29)(H,28,30)/t23-,24?/m0/s1. The first-order valence-electron chi connectivity index (χ1n) is 9.89. The molecular weight excluding hydrogens is 372 g/mol. The van der Waals surface area contributed by atoms with Crippen LogP contribution >= 0.6 is 0 Å². The molecule has 0 bridgehead atoms. The van der Waals surface area contributed by atoms with E-state index in [0.29, 0.717) is 5.57 Å². The summed E-state index contributed by atoms with van der Waals surface area (Å²) in [6.07, 6.45) is 0. The summed E-state index contributed by atoms with van der Waals surface area (Å²) in [6.45, 7) is 3.96. The summed E-state index contributed by atoms with van der Waals surface area (Å²) in [5, 5.41) is 9.99. The number of carbonyl (C=O) groups excluding carboxylic acids is 2. The Morgan fingerprint density at radius 2 is 1.00 bits per heavy atom. The largest absolute Gasteiger partial charge is 0.325 e. The molecule has 4 aromatic carbocycles. The Labute approximate surface area is 174 Å². The molecule has 2 amide bonds. The third-order valence-electron chi connectivity index (χ3n) is 5.68. The number of nitrogens with one attached hydrogen (secondary N) is 2. The fourth-order valence-electron chi connectivity index (χ4n) is 4.04. The van der Waals surface area contributed by atoms with Gasteiger partial charge in [0.05, 0.1) is 11.8 Å². The van der Waals surface area contributed by atoms with Crippen LogP contribution in [-0.2, 0) is 9.59 Å². The highest BCUT2D eigenvalue weighted by molar-refractivity contribution is 6.12. The zero-order chi connectivity index (χ0) is 20.7. The van der Waals surface area contributed by atoms with Gasteiger partial charge in [-0.1, -0.05) is 84.9 Å². The Morgan fingerprint density at radius 1 is 0.600 bits per heavy atom. The number of rotatable bonds is 4.